The number of nitrogens with one attached hydrogen (secondary N) is 1. The van der Waals surface area contributed by atoms with Crippen LogP contribution < -0.4 is 14.8 Å². The monoisotopic (exact) mass is 367 g/mol. The zero-order valence-electron chi connectivity index (χ0n) is 15.9. The van der Waals surface area contributed by atoms with Gasteiger partial charge in [-0.2, -0.15) is 0 Å². The SMILES string of the molecule is COc1cc(CCNC(=O)N(C)C2CCN(C)C2)cc(OC)c1.O=CO. The second-order valence-electron chi connectivity index (χ2n) is 6.12. The molecule has 1 unspecified atom stereocenters. The third-order valence-electron chi connectivity index (χ3n) is 4.34. The fraction of sp³-hybridized carbons (Fsp3) is 0.556. The van der Waals surface area contributed by atoms with Crippen LogP contribution in [0.3, 0.4) is 0 Å². The van der Waals surface area contributed by atoms with Crippen molar-refractivity contribution in [3.05, 3.63) is 23.8 Å². The van der Waals surface area contributed by atoms with Gasteiger partial charge in [0.2, 0.25) is 0 Å². The Morgan fingerprint density at radius 2 is 1.92 bits per heavy atom. The molecule has 1 aliphatic heterocycles. The summed E-state index contributed by atoms with van der Waals surface area (Å²) in [6.07, 6.45) is 1.77. The number of likely N-dealkylation sites (tertiary alicyclic amines) is 1. The maximum absolute atomic E-state index is 12.2. The molecule has 1 aromatic carbocycles. The van der Waals surface area contributed by atoms with E-state index in [1.54, 1.807) is 14.2 Å². The quantitative estimate of drug-likeness (QED) is 0.737. The third-order valence-corrected chi connectivity index (χ3v) is 4.34. The van der Waals surface area contributed by atoms with Gasteiger partial charge in [0, 0.05) is 32.2 Å². The summed E-state index contributed by atoms with van der Waals surface area (Å²) in [5, 5.41) is 9.87. The van der Waals surface area contributed by atoms with Crippen molar-refractivity contribution in [2.24, 2.45) is 0 Å². The zero-order chi connectivity index (χ0) is 19.5. The van der Waals surface area contributed by atoms with Crippen LogP contribution in [-0.2, 0) is 11.2 Å². The van der Waals surface area contributed by atoms with Crippen LogP contribution in [0.15, 0.2) is 18.2 Å². The highest BCUT2D eigenvalue weighted by Gasteiger charge is 2.26. The van der Waals surface area contributed by atoms with Crippen LogP contribution in [-0.4, -0.2) is 81.4 Å². The standard InChI is InChI=1S/C17H27N3O3.CH2O2/c1-19-8-6-14(12-19)20(2)17(21)18-7-5-13-9-15(22-3)11-16(10-13)23-4;2-1-3/h9-11,14H,5-8,12H2,1-4H3,(H,18,21);1H,(H,2,3). The van der Waals surface area contributed by atoms with Gasteiger partial charge < -0.3 is 29.7 Å². The van der Waals surface area contributed by atoms with Gasteiger partial charge in [-0.25, -0.2) is 4.79 Å². The molecule has 1 aromatic rings. The molecule has 2 rings (SSSR count). The van der Waals surface area contributed by atoms with Crippen LogP contribution in [0.25, 0.3) is 0 Å². The molecule has 0 aliphatic carbocycles. The topological polar surface area (TPSA) is 91.3 Å². The zero-order valence-corrected chi connectivity index (χ0v) is 15.9. The van der Waals surface area contributed by atoms with Crippen LogP contribution in [0.1, 0.15) is 12.0 Å². The first kappa shape index (κ1) is 21.6. The summed E-state index contributed by atoms with van der Waals surface area (Å²) in [5.41, 5.74) is 1.07. The molecule has 2 amide bonds. The molecule has 0 bridgehead atoms. The summed E-state index contributed by atoms with van der Waals surface area (Å²) in [7, 11) is 7.22. The minimum absolute atomic E-state index is 0.0137. The Balaban J connectivity index is 0.00000105. The summed E-state index contributed by atoms with van der Waals surface area (Å²) < 4.78 is 10.5. The Labute approximate surface area is 154 Å². The largest absolute Gasteiger partial charge is 0.497 e. The lowest BCUT2D eigenvalue weighted by molar-refractivity contribution is -0.122. The van der Waals surface area contributed by atoms with E-state index in [1.807, 2.05) is 30.1 Å². The average Bonchev–Trinajstić information content (AvgIpc) is 3.07. The summed E-state index contributed by atoms with van der Waals surface area (Å²) in [6.45, 7) is 2.32. The average molecular weight is 367 g/mol. The Bertz CT molecular complexity index is 560. The highest BCUT2D eigenvalue weighted by molar-refractivity contribution is 5.74. The number of hydrogen-bond donors (Lipinski definition) is 2. The van der Waals surface area contributed by atoms with Gasteiger partial charge >= 0.3 is 6.03 Å². The number of likely N-dealkylation sites (N-methyl/N-ethyl adjacent to an activating group) is 2. The number of methoxy groups -OCH3 is 2. The molecule has 1 atom stereocenters. The molecule has 1 heterocycles. The second-order valence-corrected chi connectivity index (χ2v) is 6.12. The van der Waals surface area contributed by atoms with Crippen LogP contribution in [0.2, 0.25) is 0 Å². The van der Waals surface area contributed by atoms with Gasteiger partial charge in [-0.05, 0) is 44.1 Å². The minimum atomic E-state index is -0.250. The van der Waals surface area contributed by atoms with Gasteiger partial charge in [0.1, 0.15) is 11.5 Å². The van der Waals surface area contributed by atoms with Crippen molar-refractivity contribution in [2.75, 3.05) is 47.9 Å². The molecule has 1 fully saturated rings. The van der Waals surface area contributed by atoms with E-state index in [2.05, 4.69) is 17.3 Å². The first-order chi connectivity index (χ1) is 12.4. The number of amides is 2. The number of carbonyl (C=O) groups is 2. The predicted molar refractivity (Wildman–Crippen MR) is 99.0 cm³/mol. The van der Waals surface area contributed by atoms with Crippen molar-refractivity contribution in [1.82, 2.24) is 15.1 Å². The maximum atomic E-state index is 12.2. The fourth-order valence-corrected chi connectivity index (χ4v) is 2.84. The Morgan fingerprint density at radius 1 is 1.35 bits per heavy atom. The highest BCUT2D eigenvalue weighted by atomic mass is 16.5. The van der Waals surface area contributed by atoms with E-state index < -0.39 is 0 Å². The molecule has 2 N–H and O–H groups in total. The lowest BCUT2D eigenvalue weighted by Gasteiger charge is -2.24. The smallest absolute Gasteiger partial charge is 0.317 e. The van der Waals surface area contributed by atoms with Crippen LogP contribution in [0, 0.1) is 0 Å². The molecule has 0 aromatic heterocycles. The molecule has 146 valence electrons. The van der Waals surface area contributed by atoms with Crippen molar-refractivity contribution >= 4 is 12.5 Å². The van der Waals surface area contributed by atoms with E-state index in [0.717, 1.165) is 43.0 Å². The molecule has 8 nitrogen and oxygen atoms in total. The molecule has 1 aliphatic rings. The molecule has 8 heteroatoms. The number of benzene rings is 1. The second kappa shape index (κ2) is 11.2. The maximum Gasteiger partial charge on any atom is 0.317 e. The van der Waals surface area contributed by atoms with E-state index in [0.29, 0.717) is 12.6 Å². The van der Waals surface area contributed by atoms with Crippen molar-refractivity contribution in [1.29, 1.82) is 0 Å². The van der Waals surface area contributed by atoms with Crippen molar-refractivity contribution < 1.29 is 24.2 Å². The first-order valence-electron chi connectivity index (χ1n) is 8.44. The number of rotatable bonds is 6. The molecule has 0 saturated carbocycles. The van der Waals surface area contributed by atoms with E-state index in [-0.39, 0.29) is 12.5 Å². The fourth-order valence-electron chi connectivity index (χ4n) is 2.84. The Morgan fingerprint density at radius 3 is 2.38 bits per heavy atom. The van der Waals surface area contributed by atoms with Crippen molar-refractivity contribution in [2.45, 2.75) is 18.9 Å². The van der Waals surface area contributed by atoms with E-state index in [4.69, 9.17) is 19.4 Å². The van der Waals surface area contributed by atoms with E-state index in [9.17, 15) is 4.79 Å². The summed E-state index contributed by atoms with van der Waals surface area (Å²) in [5.74, 6) is 1.52. The van der Waals surface area contributed by atoms with Crippen molar-refractivity contribution in [3.8, 4) is 11.5 Å². The molecule has 0 radical (unpaired) electrons. The Hall–Kier alpha value is -2.48. The highest BCUT2D eigenvalue weighted by Crippen LogP contribution is 2.22. The van der Waals surface area contributed by atoms with E-state index >= 15 is 0 Å². The summed E-state index contributed by atoms with van der Waals surface area (Å²) in [6, 6.07) is 6.05. The first-order valence-corrected chi connectivity index (χ1v) is 8.44. The normalized spacial score (nSPS) is 16.2. The number of ether oxygens (including phenoxy) is 2. The molecular weight excluding hydrogens is 338 g/mol. The molecular formula is C18H29N3O5. The summed E-state index contributed by atoms with van der Waals surface area (Å²) >= 11 is 0. The van der Waals surface area contributed by atoms with Crippen LogP contribution >= 0.6 is 0 Å². The summed E-state index contributed by atoms with van der Waals surface area (Å²) in [4.78, 5) is 24.6. The molecule has 1 saturated heterocycles. The number of carbonyl (C=O) groups excluding carboxylic acids is 1. The Kier molecular flexibility index (Phi) is 9.29. The number of nitrogens with zero attached hydrogens (tertiary/aromatic N) is 2. The van der Waals surface area contributed by atoms with Crippen LogP contribution in [0.4, 0.5) is 4.79 Å². The van der Waals surface area contributed by atoms with Gasteiger partial charge in [0.15, 0.2) is 0 Å². The van der Waals surface area contributed by atoms with Gasteiger partial charge in [0.05, 0.1) is 14.2 Å². The van der Waals surface area contributed by atoms with Crippen LogP contribution in [0.5, 0.6) is 11.5 Å². The lowest BCUT2D eigenvalue weighted by Crippen LogP contribution is -2.45. The number of hydrogen-bond acceptors (Lipinski definition) is 5. The van der Waals surface area contributed by atoms with Gasteiger partial charge in [-0.1, -0.05) is 0 Å². The van der Waals surface area contributed by atoms with E-state index in [1.165, 1.54) is 0 Å². The lowest BCUT2D eigenvalue weighted by atomic mass is 10.1. The minimum Gasteiger partial charge on any atom is -0.497 e. The van der Waals surface area contributed by atoms with Gasteiger partial charge in [-0.3, -0.25) is 4.79 Å². The number of urea groups is 1. The molecule has 26 heavy (non-hydrogen) atoms. The third kappa shape index (κ3) is 6.79. The van der Waals surface area contributed by atoms with Crippen molar-refractivity contribution in [3.63, 3.8) is 0 Å². The predicted octanol–water partition coefficient (Wildman–Crippen LogP) is 1.29. The van der Waals surface area contributed by atoms with Gasteiger partial charge in [-0.15, -0.1) is 0 Å². The molecule has 0 spiro atoms. The van der Waals surface area contributed by atoms with Gasteiger partial charge in [0.25, 0.3) is 6.47 Å². The number of carboxylic acid groups (broad SMARTS) is 1.